The Bertz CT molecular complexity index is 625. The quantitative estimate of drug-likeness (QED) is 0.709. The van der Waals surface area contributed by atoms with Gasteiger partial charge in [-0.2, -0.15) is 0 Å². The van der Waals surface area contributed by atoms with E-state index in [1.54, 1.807) is 6.92 Å². The molecule has 0 saturated heterocycles. The molecule has 4 aliphatic carbocycles. The Hall–Kier alpha value is -0.670. The fraction of sp³-hybridized carbons (Fsp3) is 0.864. The maximum absolute atomic E-state index is 12.4. The SMILES string of the molecule is CC(=O)[C@]1(O)[C@@H](C)C[C@H]2[C@@H]3CC=C4C[C@H](O)CC[C@@]4(C)[C@@H]3CC[C@]21C. The van der Waals surface area contributed by atoms with Crippen LogP contribution in [0, 0.1) is 34.5 Å². The van der Waals surface area contributed by atoms with Gasteiger partial charge in [0.15, 0.2) is 5.78 Å². The fourth-order valence-corrected chi connectivity index (χ4v) is 7.73. The van der Waals surface area contributed by atoms with Crippen LogP contribution in [0.2, 0.25) is 0 Å². The highest BCUT2D eigenvalue weighted by Gasteiger charge is 2.67. The molecule has 3 nitrogen and oxygen atoms in total. The molecular weight excluding hydrogens is 312 g/mol. The number of ketones is 1. The molecule has 0 unspecified atom stereocenters. The number of rotatable bonds is 1. The second kappa shape index (κ2) is 5.42. The van der Waals surface area contributed by atoms with Gasteiger partial charge in [-0.3, -0.25) is 4.79 Å². The Morgan fingerprint density at radius 1 is 1.20 bits per heavy atom. The Labute approximate surface area is 151 Å². The van der Waals surface area contributed by atoms with Crippen LogP contribution in [-0.2, 0) is 4.79 Å². The first-order chi connectivity index (χ1) is 11.6. The molecule has 3 heteroatoms. The molecule has 0 spiro atoms. The van der Waals surface area contributed by atoms with Gasteiger partial charge in [0, 0.05) is 5.41 Å². The second-order valence-electron chi connectivity index (χ2n) is 10.1. The summed E-state index contributed by atoms with van der Waals surface area (Å²) >= 11 is 0. The summed E-state index contributed by atoms with van der Waals surface area (Å²) in [5, 5.41) is 21.5. The van der Waals surface area contributed by atoms with Crippen LogP contribution in [-0.4, -0.2) is 27.7 Å². The van der Waals surface area contributed by atoms with E-state index in [1.807, 2.05) is 0 Å². The topological polar surface area (TPSA) is 57.5 Å². The third-order valence-corrected chi connectivity index (χ3v) is 9.20. The number of hydrogen-bond donors (Lipinski definition) is 2. The number of aliphatic hydroxyl groups excluding tert-OH is 1. The Morgan fingerprint density at radius 2 is 1.92 bits per heavy atom. The number of allylic oxidation sites excluding steroid dienone is 1. The molecule has 0 aromatic rings. The molecule has 8 atom stereocenters. The Kier molecular flexibility index (Phi) is 3.84. The lowest BCUT2D eigenvalue weighted by atomic mass is 9.46. The molecule has 2 N–H and O–H groups in total. The number of hydrogen-bond acceptors (Lipinski definition) is 3. The van der Waals surface area contributed by atoms with Crippen LogP contribution in [0.15, 0.2) is 11.6 Å². The standard InChI is InChI=1S/C22H34O3/c1-13-11-19-17-6-5-15-12-16(24)7-9-20(15,3)18(17)8-10-21(19,4)22(13,25)14(2)23/h5,13,16-19,24-25H,6-12H2,1-4H3/t13-,16+,17+,18+,19-,20+,21+,22+/m0/s1. The van der Waals surface area contributed by atoms with E-state index in [0.717, 1.165) is 44.9 Å². The molecule has 0 heterocycles. The highest BCUT2D eigenvalue weighted by atomic mass is 16.3. The van der Waals surface area contributed by atoms with Crippen LogP contribution < -0.4 is 0 Å². The minimum absolute atomic E-state index is 0.0394. The maximum Gasteiger partial charge on any atom is 0.162 e. The lowest BCUT2D eigenvalue weighted by Gasteiger charge is -2.58. The molecule has 4 rings (SSSR count). The molecule has 0 radical (unpaired) electrons. The summed E-state index contributed by atoms with van der Waals surface area (Å²) in [4.78, 5) is 12.4. The van der Waals surface area contributed by atoms with Gasteiger partial charge in [-0.15, -0.1) is 0 Å². The summed E-state index contributed by atoms with van der Waals surface area (Å²) in [6.07, 6.45) is 9.15. The van der Waals surface area contributed by atoms with Gasteiger partial charge < -0.3 is 10.2 Å². The molecule has 0 aliphatic heterocycles. The highest BCUT2D eigenvalue weighted by Crippen LogP contribution is 2.68. The number of Topliss-reactive ketones (excluding diaryl/α,β-unsaturated/α-hetero) is 1. The van der Waals surface area contributed by atoms with Crippen molar-refractivity contribution in [3.8, 4) is 0 Å². The predicted molar refractivity (Wildman–Crippen MR) is 97.9 cm³/mol. The van der Waals surface area contributed by atoms with Crippen molar-refractivity contribution in [2.45, 2.75) is 84.3 Å². The van der Waals surface area contributed by atoms with Crippen molar-refractivity contribution in [3.05, 3.63) is 11.6 Å². The molecular formula is C22H34O3. The summed E-state index contributed by atoms with van der Waals surface area (Å²) in [7, 11) is 0. The highest BCUT2D eigenvalue weighted by molar-refractivity contribution is 5.86. The zero-order chi connectivity index (χ0) is 18.2. The maximum atomic E-state index is 12.4. The minimum atomic E-state index is -1.16. The van der Waals surface area contributed by atoms with Gasteiger partial charge in [-0.25, -0.2) is 0 Å². The van der Waals surface area contributed by atoms with E-state index in [4.69, 9.17) is 0 Å². The Morgan fingerprint density at radius 3 is 2.60 bits per heavy atom. The van der Waals surface area contributed by atoms with Crippen LogP contribution in [0.5, 0.6) is 0 Å². The van der Waals surface area contributed by atoms with Crippen LogP contribution >= 0.6 is 0 Å². The summed E-state index contributed by atoms with van der Waals surface area (Å²) in [6, 6.07) is 0. The van der Waals surface area contributed by atoms with Crippen LogP contribution in [0.3, 0.4) is 0 Å². The fourth-order valence-electron chi connectivity index (χ4n) is 7.73. The molecule has 140 valence electrons. The van der Waals surface area contributed by atoms with Crippen molar-refractivity contribution in [2.24, 2.45) is 34.5 Å². The molecule has 0 aromatic carbocycles. The van der Waals surface area contributed by atoms with Crippen LogP contribution in [0.25, 0.3) is 0 Å². The first-order valence-corrected chi connectivity index (χ1v) is 10.3. The lowest BCUT2D eigenvalue weighted by Crippen LogP contribution is -2.58. The van der Waals surface area contributed by atoms with Gasteiger partial charge in [0.05, 0.1) is 6.10 Å². The zero-order valence-corrected chi connectivity index (χ0v) is 16.2. The average molecular weight is 347 g/mol. The average Bonchev–Trinajstić information content (AvgIpc) is 2.77. The summed E-state index contributed by atoms with van der Waals surface area (Å²) in [5.41, 5.74) is 0.249. The predicted octanol–water partition coefficient (Wildman–Crippen LogP) is 3.88. The molecule has 25 heavy (non-hydrogen) atoms. The normalized spacial score (nSPS) is 55.0. The minimum Gasteiger partial charge on any atom is -0.393 e. The van der Waals surface area contributed by atoms with Crippen molar-refractivity contribution < 1.29 is 15.0 Å². The van der Waals surface area contributed by atoms with Crippen LogP contribution in [0.1, 0.15) is 72.6 Å². The largest absolute Gasteiger partial charge is 0.393 e. The monoisotopic (exact) mass is 346 g/mol. The van der Waals surface area contributed by atoms with Crippen molar-refractivity contribution in [1.29, 1.82) is 0 Å². The van der Waals surface area contributed by atoms with E-state index in [-0.39, 0.29) is 28.6 Å². The number of aliphatic hydroxyl groups is 2. The summed E-state index contributed by atoms with van der Waals surface area (Å²) in [6.45, 7) is 8.26. The van der Waals surface area contributed by atoms with E-state index >= 15 is 0 Å². The van der Waals surface area contributed by atoms with E-state index in [2.05, 4.69) is 26.8 Å². The molecule has 0 bridgehead atoms. The molecule has 3 saturated carbocycles. The van der Waals surface area contributed by atoms with Crippen LogP contribution in [0.4, 0.5) is 0 Å². The smallest absolute Gasteiger partial charge is 0.162 e. The van der Waals surface area contributed by atoms with Crippen molar-refractivity contribution in [2.75, 3.05) is 0 Å². The lowest BCUT2D eigenvalue weighted by molar-refractivity contribution is -0.165. The molecule has 0 aromatic heterocycles. The second-order valence-corrected chi connectivity index (χ2v) is 10.1. The third-order valence-electron chi connectivity index (χ3n) is 9.20. The van der Waals surface area contributed by atoms with E-state index in [9.17, 15) is 15.0 Å². The van der Waals surface area contributed by atoms with E-state index < -0.39 is 5.60 Å². The van der Waals surface area contributed by atoms with Crippen molar-refractivity contribution in [1.82, 2.24) is 0 Å². The van der Waals surface area contributed by atoms with Gasteiger partial charge in [-0.05, 0) is 81.0 Å². The number of fused-ring (bicyclic) bond motifs is 5. The van der Waals surface area contributed by atoms with Gasteiger partial charge in [0.2, 0.25) is 0 Å². The molecule has 0 amide bonds. The Balaban J connectivity index is 1.72. The first-order valence-electron chi connectivity index (χ1n) is 10.3. The first kappa shape index (κ1) is 17.7. The summed E-state index contributed by atoms with van der Waals surface area (Å²) < 4.78 is 0. The molecule has 4 aliphatic rings. The van der Waals surface area contributed by atoms with Crippen molar-refractivity contribution in [3.63, 3.8) is 0 Å². The van der Waals surface area contributed by atoms with Gasteiger partial charge >= 0.3 is 0 Å². The zero-order valence-electron chi connectivity index (χ0n) is 16.2. The van der Waals surface area contributed by atoms with Crippen molar-refractivity contribution >= 4 is 5.78 Å². The van der Waals surface area contributed by atoms with Gasteiger partial charge in [0.25, 0.3) is 0 Å². The number of carbonyl (C=O) groups is 1. The number of carbonyl (C=O) groups excluding carboxylic acids is 1. The molecule has 3 fully saturated rings. The van der Waals surface area contributed by atoms with Gasteiger partial charge in [-0.1, -0.05) is 32.4 Å². The third kappa shape index (κ3) is 2.09. The van der Waals surface area contributed by atoms with E-state index in [1.165, 1.54) is 5.57 Å². The van der Waals surface area contributed by atoms with Gasteiger partial charge in [0.1, 0.15) is 5.60 Å². The van der Waals surface area contributed by atoms with E-state index in [0.29, 0.717) is 17.8 Å². The summed E-state index contributed by atoms with van der Waals surface area (Å²) in [5.74, 6) is 1.64.